The molecule has 0 aliphatic rings. The lowest BCUT2D eigenvalue weighted by atomic mass is 10.1. The second-order valence-corrected chi connectivity index (χ2v) is 3.50. The predicted octanol–water partition coefficient (Wildman–Crippen LogP) is 2.96. The smallest absolute Gasteiger partial charge is 0.101 e. The fraction of sp³-hybridized carbons (Fsp3) is 0. The maximum absolute atomic E-state index is 8.75. The van der Waals surface area contributed by atoms with E-state index < -0.39 is 0 Å². The van der Waals surface area contributed by atoms with Crippen LogP contribution in [0.4, 0.5) is 0 Å². The Bertz CT molecular complexity index is 462. The van der Waals surface area contributed by atoms with Crippen molar-refractivity contribution in [2.45, 2.75) is 0 Å². The number of hydrogen-bond acceptors (Lipinski definition) is 2. The van der Waals surface area contributed by atoms with Gasteiger partial charge in [0.15, 0.2) is 0 Å². The van der Waals surface area contributed by atoms with Crippen LogP contribution in [-0.4, -0.2) is 0 Å². The molecule has 1 nitrogen and oxygen atoms in total. The molecule has 1 aromatic carbocycles. The van der Waals surface area contributed by atoms with E-state index in [1.165, 1.54) is 0 Å². The highest BCUT2D eigenvalue weighted by molar-refractivity contribution is 7.17. The molecule has 0 amide bonds. The molecule has 0 bridgehead atoms. The zero-order valence-electron chi connectivity index (χ0n) is 6.37. The Labute approximate surface area is 74.9 Å². The summed E-state index contributed by atoms with van der Waals surface area (Å²) in [7, 11) is 0. The van der Waals surface area contributed by atoms with Gasteiger partial charge in [0, 0.05) is 15.5 Å². The molecular formula is C10H6NS. The van der Waals surface area contributed by atoms with Gasteiger partial charge in [-0.15, -0.1) is 11.3 Å². The van der Waals surface area contributed by atoms with Crippen LogP contribution in [0.5, 0.6) is 0 Å². The quantitative estimate of drug-likeness (QED) is 0.599. The fourth-order valence-corrected chi connectivity index (χ4v) is 2.03. The molecule has 2 aromatic rings. The van der Waals surface area contributed by atoms with Crippen LogP contribution in [0.1, 0.15) is 11.1 Å². The zero-order valence-corrected chi connectivity index (χ0v) is 7.19. The van der Waals surface area contributed by atoms with Crippen molar-refractivity contribution < 1.29 is 0 Å². The summed E-state index contributed by atoms with van der Waals surface area (Å²) in [6.45, 7) is 3.82. The molecule has 0 N–H and O–H groups in total. The van der Waals surface area contributed by atoms with Crippen LogP contribution in [-0.2, 0) is 0 Å². The molecule has 2 heteroatoms. The lowest BCUT2D eigenvalue weighted by molar-refractivity contribution is 1.51. The molecule has 57 valence electrons. The highest BCUT2D eigenvalue weighted by Gasteiger charge is 2.01. The number of fused-ring (bicyclic) bond motifs is 1. The van der Waals surface area contributed by atoms with Gasteiger partial charge in [-0.05, 0) is 24.6 Å². The van der Waals surface area contributed by atoms with Crippen molar-refractivity contribution >= 4 is 21.4 Å². The van der Waals surface area contributed by atoms with E-state index >= 15 is 0 Å². The van der Waals surface area contributed by atoms with Gasteiger partial charge in [-0.1, -0.05) is 6.07 Å². The van der Waals surface area contributed by atoms with Crippen molar-refractivity contribution in [1.82, 2.24) is 0 Å². The summed E-state index contributed by atoms with van der Waals surface area (Å²) in [5.41, 5.74) is 1.71. The van der Waals surface area contributed by atoms with Crippen molar-refractivity contribution in [3.63, 3.8) is 0 Å². The number of nitrogens with zero attached hydrogens (tertiary/aromatic N) is 1. The average molecular weight is 172 g/mol. The summed E-state index contributed by atoms with van der Waals surface area (Å²) in [5, 5.41) is 11.7. The molecule has 2 rings (SSSR count). The molecule has 0 atom stereocenters. The van der Waals surface area contributed by atoms with Gasteiger partial charge < -0.3 is 0 Å². The lowest BCUT2D eigenvalue weighted by Crippen LogP contribution is -1.72. The summed E-state index contributed by atoms with van der Waals surface area (Å²) < 4.78 is 1.15. The van der Waals surface area contributed by atoms with Crippen LogP contribution in [0.15, 0.2) is 23.6 Å². The van der Waals surface area contributed by atoms with Crippen LogP contribution in [0.25, 0.3) is 10.1 Å². The Balaban J connectivity index is 2.86. The normalized spacial score (nSPS) is 10.0. The van der Waals surface area contributed by atoms with E-state index in [9.17, 15) is 0 Å². The van der Waals surface area contributed by atoms with E-state index in [4.69, 9.17) is 5.26 Å². The van der Waals surface area contributed by atoms with Crippen molar-refractivity contribution in [2.75, 3.05) is 0 Å². The van der Waals surface area contributed by atoms with Gasteiger partial charge in [0.1, 0.15) is 6.07 Å². The Hall–Kier alpha value is -1.33. The standard InChI is InChI=1S/C10H6NS/c1-7-2-3-10-9(4-7)8(5-11)6-12-10/h2-4,6H,1H2. The van der Waals surface area contributed by atoms with Gasteiger partial charge in [-0.25, -0.2) is 0 Å². The summed E-state index contributed by atoms with van der Waals surface area (Å²) in [4.78, 5) is 0. The minimum absolute atomic E-state index is 0.750. The molecule has 0 saturated carbocycles. The monoisotopic (exact) mass is 172 g/mol. The number of benzene rings is 1. The lowest BCUT2D eigenvalue weighted by Gasteiger charge is -1.91. The molecule has 0 saturated heterocycles. The van der Waals surface area contributed by atoms with Crippen LogP contribution in [0.2, 0.25) is 0 Å². The van der Waals surface area contributed by atoms with Crippen LogP contribution in [0.3, 0.4) is 0 Å². The number of nitriles is 1. The van der Waals surface area contributed by atoms with E-state index in [0.717, 1.165) is 21.2 Å². The second-order valence-electron chi connectivity index (χ2n) is 2.59. The third-order valence-electron chi connectivity index (χ3n) is 1.76. The van der Waals surface area contributed by atoms with Gasteiger partial charge in [0.25, 0.3) is 0 Å². The molecule has 0 aliphatic heterocycles. The first-order chi connectivity index (χ1) is 5.81. The molecule has 0 aliphatic carbocycles. The minimum Gasteiger partial charge on any atom is -0.192 e. The highest BCUT2D eigenvalue weighted by Crippen LogP contribution is 2.25. The van der Waals surface area contributed by atoms with Crippen molar-refractivity contribution in [2.24, 2.45) is 0 Å². The first kappa shape index (κ1) is 7.33. The first-order valence-electron chi connectivity index (χ1n) is 3.54. The van der Waals surface area contributed by atoms with E-state index in [0.29, 0.717) is 0 Å². The first-order valence-corrected chi connectivity index (χ1v) is 4.42. The number of thiophene rings is 1. The molecule has 12 heavy (non-hydrogen) atoms. The highest BCUT2D eigenvalue weighted by atomic mass is 32.1. The Morgan fingerprint density at radius 1 is 1.42 bits per heavy atom. The maximum atomic E-state index is 8.75. The Kier molecular flexibility index (Phi) is 1.60. The van der Waals surface area contributed by atoms with E-state index in [1.807, 2.05) is 23.6 Å². The third-order valence-corrected chi connectivity index (χ3v) is 2.72. The third kappa shape index (κ3) is 0.992. The second kappa shape index (κ2) is 2.62. The number of hydrogen-bond donors (Lipinski definition) is 0. The Morgan fingerprint density at radius 3 is 3.00 bits per heavy atom. The molecule has 1 aromatic heterocycles. The fourth-order valence-electron chi connectivity index (χ4n) is 1.16. The van der Waals surface area contributed by atoms with Gasteiger partial charge in [0.2, 0.25) is 0 Å². The van der Waals surface area contributed by atoms with E-state index in [2.05, 4.69) is 13.0 Å². The van der Waals surface area contributed by atoms with Crippen molar-refractivity contribution in [1.29, 1.82) is 5.26 Å². The van der Waals surface area contributed by atoms with Gasteiger partial charge in [-0.2, -0.15) is 5.26 Å². The molecule has 0 fully saturated rings. The maximum Gasteiger partial charge on any atom is 0.101 e. The molecule has 0 unspecified atom stereocenters. The summed E-state index contributed by atoms with van der Waals surface area (Å²) in [6, 6.07) is 8.07. The molecule has 0 spiro atoms. The van der Waals surface area contributed by atoms with E-state index in [-0.39, 0.29) is 0 Å². The van der Waals surface area contributed by atoms with Gasteiger partial charge in [0.05, 0.1) is 5.56 Å². The van der Waals surface area contributed by atoms with Crippen molar-refractivity contribution in [3.05, 3.63) is 41.6 Å². The zero-order chi connectivity index (χ0) is 8.55. The predicted molar refractivity (Wildman–Crippen MR) is 51.0 cm³/mol. The molecule has 1 radical (unpaired) electrons. The van der Waals surface area contributed by atoms with Crippen LogP contribution >= 0.6 is 11.3 Å². The summed E-state index contributed by atoms with van der Waals surface area (Å²) in [6.07, 6.45) is 0. The largest absolute Gasteiger partial charge is 0.192 e. The molecular weight excluding hydrogens is 166 g/mol. The van der Waals surface area contributed by atoms with Crippen LogP contribution in [0, 0.1) is 18.3 Å². The van der Waals surface area contributed by atoms with Crippen LogP contribution < -0.4 is 0 Å². The summed E-state index contributed by atoms with van der Waals surface area (Å²) >= 11 is 1.60. The van der Waals surface area contributed by atoms with E-state index in [1.54, 1.807) is 11.3 Å². The Morgan fingerprint density at radius 2 is 2.25 bits per heavy atom. The number of rotatable bonds is 0. The summed E-state index contributed by atoms with van der Waals surface area (Å²) in [5.74, 6) is 0. The average Bonchev–Trinajstić information content (AvgIpc) is 2.46. The van der Waals surface area contributed by atoms with Gasteiger partial charge >= 0.3 is 0 Å². The SMILES string of the molecule is [CH2]c1ccc2scc(C#N)c2c1. The van der Waals surface area contributed by atoms with Gasteiger partial charge in [-0.3, -0.25) is 0 Å². The molecule has 1 heterocycles. The topological polar surface area (TPSA) is 23.8 Å². The van der Waals surface area contributed by atoms with Crippen molar-refractivity contribution in [3.8, 4) is 6.07 Å². The minimum atomic E-state index is 0.750.